The molecule has 1 atom stereocenters. The van der Waals surface area contributed by atoms with E-state index in [2.05, 4.69) is 5.32 Å². The van der Waals surface area contributed by atoms with Crippen LogP contribution in [0, 0.1) is 5.92 Å². The fourth-order valence-electron chi connectivity index (χ4n) is 4.50. The van der Waals surface area contributed by atoms with E-state index in [0.717, 1.165) is 51.6 Å². The number of carbonyl (C=O) groups excluding carboxylic acids is 3. The number of hydrogen-bond donors (Lipinski definition) is 1. The van der Waals surface area contributed by atoms with E-state index in [-0.39, 0.29) is 18.3 Å². The quantitative estimate of drug-likeness (QED) is 0.546. The lowest BCUT2D eigenvalue weighted by Gasteiger charge is -2.34. The number of hydrazine groups is 1. The Morgan fingerprint density at radius 1 is 1.25 bits per heavy atom. The molecular formula is C20H32N4O4. The van der Waals surface area contributed by atoms with Crippen molar-refractivity contribution in [2.24, 2.45) is 5.92 Å². The van der Waals surface area contributed by atoms with Crippen LogP contribution in [0.2, 0.25) is 0 Å². The summed E-state index contributed by atoms with van der Waals surface area (Å²) in [6.45, 7) is 7.31. The van der Waals surface area contributed by atoms with Gasteiger partial charge in [-0.3, -0.25) is 0 Å². The Balaban J connectivity index is 1.87. The molecule has 28 heavy (non-hydrogen) atoms. The minimum Gasteiger partial charge on any atom is -0.464 e. The van der Waals surface area contributed by atoms with Gasteiger partial charge in [0.05, 0.1) is 6.61 Å². The van der Waals surface area contributed by atoms with Crippen LogP contribution in [0.4, 0.5) is 4.79 Å². The molecule has 2 amide bonds. The highest BCUT2D eigenvalue weighted by Crippen LogP contribution is 2.38. The number of hydrogen-bond acceptors (Lipinski definition) is 6. The third-order valence-electron chi connectivity index (χ3n) is 6.23. The third-order valence-corrected chi connectivity index (χ3v) is 6.23. The molecule has 0 aromatic rings. The molecule has 0 aromatic carbocycles. The van der Waals surface area contributed by atoms with Gasteiger partial charge in [0.25, 0.3) is 0 Å². The molecule has 0 aromatic heterocycles. The number of carbonyl (C=O) groups is 2. The fourth-order valence-corrected chi connectivity index (χ4v) is 4.50. The molecule has 0 bridgehead atoms. The van der Waals surface area contributed by atoms with Crippen LogP contribution in [0.5, 0.6) is 0 Å². The minimum absolute atomic E-state index is 0.0585. The van der Waals surface area contributed by atoms with Crippen molar-refractivity contribution < 1.29 is 19.1 Å². The van der Waals surface area contributed by atoms with Gasteiger partial charge in [0, 0.05) is 19.6 Å². The second-order valence-electron chi connectivity index (χ2n) is 7.99. The molecule has 156 valence electrons. The van der Waals surface area contributed by atoms with E-state index < -0.39 is 11.5 Å². The lowest BCUT2D eigenvalue weighted by atomic mass is 9.92. The Kier molecular flexibility index (Phi) is 6.75. The first-order valence-electron chi connectivity index (χ1n) is 10.5. The minimum atomic E-state index is -1.43. The highest BCUT2D eigenvalue weighted by Gasteiger charge is 2.59. The summed E-state index contributed by atoms with van der Waals surface area (Å²) in [6, 6.07) is -0.315. The smallest absolute Gasteiger partial charge is 0.341 e. The van der Waals surface area contributed by atoms with Crippen LogP contribution in [0.15, 0.2) is 5.70 Å². The average molecular weight is 393 g/mol. The predicted octanol–water partition coefficient (Wildman–Crippen LogP) is 1.55. The first kappa shape index (κ1) is 20.8. The number of nitrogens with zero attached hydrogens (tertiary/aromatic N) is 3. The summed E-state index contributed by atoms with van der Waals surface area (Å²) in [7, 11) is 0. The molecule has 3 heterocycles. The summed E-state index contributed by atoms with van der Waals surface area (Å²) < 4.78 is 5.28. The SMILES string of the molecule is CCOC(=O)C1(C)C(=C=O)N(N2CCCCC2)C(=O)N1CCC1CCNCC1. The van der Waals surface area contributed by atoms with Gasteiger partial charge >= 0.3 is 12.0 Å². The Morgan fingerprint density at radius 3 is 2.54 bits per heavy atom. The van der Waals surface area contributed by atoms with Gasteiger partial charge in [-0.1, -0.05) is 6.42 Å². The number of rotatable bonds is 6. The maximum Gasteiger partial charge on any atom is 0.341 e. The Labute approximate surface area is 166 Å². The standard InChI is InChI=1S/C20H32N4O4/c1-3-28-18(26)20(2)17(15-25)24(22-12-5-4-6-13-22)19(27)23(20)14-9-16-7-10-21-11-8-16/h16,21H,3-14H2,1-2H3. The lowest BCUT2D eigenvalue weighted by Crippen LogP contribution is -2.52. The summed E-state index contributed by atoms with van der Waals surface area (Å²) in [5.74, 6) is 1.86. The van der Waals surface area contributed by atoms with Crippen molar-refractivity contribution in [3.05, 3.63) is 5.70 Å². The van der Waals surface area contributed by atoms with Crippen molar-refractivity contribution in [3.8, 4) is 0 Å². The zero-order valence-electron chi connectivity index (χ0n) is 17.0. The molecule has 0 saturated carbocycles. The maximum absolute atomic E-state index is 13.4. The van der Waals surface area contributed by atoms with E-state index in [0.29, 0.717) is 25.6 Å². The van der Waals surface area contributed by atoms with Crippen LogP contribution in [-0.4, -0.2) is 77.7 Å². The van der Waals surface area contributed by atoms with E-state index in [1.54, 1.807) is 13.8 Å². The van der Waals surface area contributed by atoms with E-state index in [4.69, 9.17) is 4.74 Å². The first-order valence-corrected chi connectivity index (χ1v) is 10.5. The van der Waals surface area contributed by atoms with Crippen molar-refractivity contribution in [1.82, 2.24) is 20.2 Å². The van der Waals surface area contributed by atoms with Crippen molar-refractivity contribution in [2.75, 3.05) is 39.3 Å². The van der Waals surface area contributed by atoms with Gasteiger partial charge in [0.1, 0.15) is 0 Å². The molecule has 0 aliphatic carbocycles. The Morgan fingerprint density at radius 2 is 1.93 bits per heavy atom. The molecule has 1 unspecified atom stereocenters. The molecular weight excluding hydrogens is 360 g/mol. The molecule has 3 fully saturated rings. The number of amides is 2. The molecule has 1 N–H and O–H groups in total. The number of piperidine rings is 2. The Bertz CT molecular complexity index is 636. The zero-order chi connectivity index (χ0) is 20.1. The fraction of sp³-hybridized carbons (Fsp3) is 0.800. The number of urea groups is 1. The number of nitrogens with one attached hydrogen (secondary N) is 1. The van der Waals surface area contributed by atoms with Crippen LogP contribution in [0.3, 0.4) is 0 Å². The third kappa shape index (κ3) is 3.81. The van der Waals surface area contributed by atoms with Gasteiger partial charge in [0.15, 0.2) is 17.2 Å². The van der Waals surface area contributed by atoms with Gasteiger partial charge < -0.3 is 15.0 Å². The lowest BCUT2D eigenvalue weighted by molar-refractivity contribution is -0.152. The second kappa shape index (κ2) is 9.07. The number of esters is 1. The Hall–Kier alpha value is -1.89. The molecule has 8 heteroatoms. The largest absolute Gasteiger partial charge is 0.464 e. The van der Waals surface area contributed by atoms with Crippen molar-refractivity contribution in [1.29, 1.82) is 0 Å². The van der Waals surface area contributed by atoms with Crippen LogP contribution < -0.4 is 5.32 Å². The molecule has 3 saturated heterocycles. The van der Waals surface area contributed by atoms with Crippen molar-refractivity contribution in [3.63, 3.8) is 0 Å². The van der Waals surface area contributed by atoms with Crippen LogP contribution >= 0.6 is 0 Å². The summed E-state index contributed by atoms with van der Waals surface area (Å²) in [4.78, 5) is 39.7. The van der Waals surface area contributed by atoms with Crippen molar-refractivity contribution in [2.45, 2.75) is 57.9 Å². The van der Waals surface area contributed by atoms with Gasteiger partial charge in [-0.05, 0) is 65.0 Å². The zero-order valence-corrected chi connectivity index (χ0v) is 17.0. The molecule has 3 aliphatic rings. The highest BCUT2D eigenvalue weighted by atomic mass is 16.5. The summed E-state index contributed by atoms with van der Waals surface area (Å²) in [6.07, 6.45) is 5.95. The maximum atomic E-state index is 13.4. The monoisotopic (exact) mass is 392 g/mol. The van der Waals surface area contributed by atoms with Crippen LogP contribution in [0.25, 0.3) is 0 Å². The van der Waals surface area contributed by atoms with Gasteiger partial charge in [-0.25, -0.2) is 24.4 Å². The molecule has 3 aliphatic heterocycles. The number of ether oxygens (including phenoxy) is 1. The predicted molar refractivity (Wildman–Crippen MR) is 104 cm³/mol. The highest BCUT2D eigenvalue weighted by molar-refractivity contribution is 5.98. The van der Waals surface area contributed by atoms with Crippen LogP contribution in [-0.2, 0) is 14.3 Å². The summed E-state index contributed by atoms with van der Waals surface area (Å²) in [5.41, 5.74) is -1.37. The summed E-state index contributed by atoms with van der Waals surface area (Å²) in [5, 5.41) is 6.62. The van der Waals surface area contributed by atoms with Crippen molar-refractivity contribution >= 4 is 17.9 Å². The topological polar surface area (TPSA) is 82.2 Å². The molecule has 8 nitrogen and oxygen atoms in total. The van der Waals surface area contributed by atoms with E-state index in [9.17, 15) is 14.4 Å². The van der Waals surface area contributed by atoms with Gasteiger partial charge in [-0.15, -0.1) is 0 Å². The van der Waals surface area contributed by atoms with Gasteiger partial charge in [-0.2, -0.15) is 0 Å². The van der Waals surface area contributed by atoms with Crippen LogP contribution in [0.1, 0.15) is 52.4 Å². The molecule has 0 radical (unpaired) electrons. The second-order valence-corrected chi connectivity index (χ2v) is 7.99. The molecule has 0 spiro atoms. The van der Waals surface area contributed by atoms with E-state index in [1.807, 2.05) is 11.0 Å². The average Bonchev–Trinajstić information content (AvgIpc) is 2.95. The van der Waals surface area contributed by atoms with E-state index >= 15 is 0 Å². The summed E-state index contributed by atoms with van der Waals surface area (Å²) >= 11 is 0. The first-order chi connectivity index (χ1) is 13.5. The van der Waals surface area contributed by atoms with Gasteiger partial charge in [0.2, 0.25) is 0 Å². The normalized spacial score (nSPS) is 27.2. The molecule has 3 rings (SSSR count). The van der Waals surface area contributed by atoms with E-state index in [1.165, 1.54) is 9.91 Å².